The summed E-state index contributed by atoms with van der Waals surface area (Å²) < 4.78 is 1.15. The van der Waals surface area contributed by atoms with Crippen molar-refractivity contribution in [3.63, 3.8) is 0 Å². The second-order valence-electron chi connectivity index (χ2n) is 4.56. The lowest BCUT2D eigenvalue weighted by Crippen LogP contribution is -2.15. The monoisotopic (exact) mass is 262 g/mol. The molecule has 0 fully saturated rings. The number of halogens is 1. The molecule has 0 radical (unpaired) electrons. The fourth-order valence-electron chi connectivity index (χ4n) is 2.27. The smallest absolute Gasteiger partial charge is 0.0178 e. The molecular formula is C14H15Br. The molecule has 0 amide bonds. The molecule has 15 heavy (non-hydrogen) atoms. The molecule has 1 aromatic rings. The first-order valence-electron chi connectivity index (χ1n) is 5.12. The van der Waals surface area contributed by atoms with Gasteiger partial charge in [0.2, 0.25) is 0 Å². The normalized spacial score (nSPS) is 17.9. The Morgan fingerprint density at radius 3 is 2.60 bits per heavy atom. The minimum Gasteiger partial charge on any atom is -0.0984 e. The summed E-state index contributed by atoms with van der Waals surface area (Å²) in [5.74, 6) is 0. The number of hydrogen-bond donors (Lipinski definition) is 0. The summed E-state index contributed by atoms with van der Waals surface area (Å²) in [5.41, 5.74) is 5.55. The lowest BCUT2D eigenvalue weighted by atomic mass is 9.82. The van der Waals surface area contributed by atoms with E-state index in [-0.39, 0.29) is 5.41 Å². The van der Waals surface area contributed by atoms with Gasteiger partial charge < -0.3 is 0 Å². The van der Waals surface area contributed by atoms with E-state index in [1.807, 2.05) is 6.08 Å². The van der Waals surface area contributed by atoms with Crippen LogP contribution >= 0.6 is 15.9 Å². The zero-order valence-electron chi connectivity index (χ0n) is 9.39. The summed E-state index contributed by atoms with van der Waals surface area (Å²) >= 11 is 3.53. The largest absolute Gasteiger partial charge is 0.0984 e. The Labute approximate surface area is 99.8 Å². The molecule has 0 aromatic heterocycles. The Morgan fingerprint density at radius 2 is 2.00 bits per heavy atom. The first-order chi connectivity index (χ1) is 6.98. The van der Waals surface area contributed by atoms with Crippen molar-refractivity contribution in [2.24, 2.45) is 0 Å². The van der Waals surface area contributed by atoms with Crippen LogP contribution in [0.5, 0.6) is 0 Å². The van der Waals surface area contributed by atoms with Crippen LogP contribution in [0, 0.1) is 0 Å². The predicted octanol–water partition coefficient (Wildman–Crippen LogP) is 4.70. The number of rotatable bonds is 1. The first kappa shape index (κ1) is 10.7. The molecule has 0 bridgehead atoms. The number of benzene rings is 1. The van der Waals surface area contributed by atoms with Gasteiger partial charge in [-0.15, -0.1) is 0 Å². The maximum Gasteiger partial charge on any atom is 0.0178 e. The average Bonchev–Trinajstić information content (AvgIpc) is 2.37. The van der Waals surface area contributed by atoms with E-state index in [4.69, 9.17) is 0 Å². The highest BCUT2D eigenvalue weighted by Crippen LogP contribution is 2.46. The number of hydrogen-bond acceptors (Lipinski definition) is 0. The van der Waals surface area contributed by atoms with Crippen LogP contribution < -0.4 is 0 Å². The topological polar surface area (TPSA) is 0 Å². The summed E-state index contributed by atoms with van der Waals surface area (Å²) in [6.07, 6.45) is 1.97. The molecule has 1 aliphatic rings. The van der Waals surface area contributed by atoms with Crippen LogP contribution in [-0.2, 0) is 5.41 Å². The van der Waals surface area contributed by atoms with Gasteiger partial charge in [-0.3, -0.25) is 0 Å². The average molecular weight is 263 g/mol. The van der Waals surface area contributed by atoms with Crippen LogP contribution in [0.1, 0.15) is 31.9 Å². The van der Waals surface area contributed by atoms with Crippen LogP contribution in [0.4, 0.5) is 0 Å². The first-order valence-corrected chi connectivity index (χ1v) is 5.92. The molecular weight excluding hydrogens is 248 g/mol. The van der Waals surface area contributed by atoms with E-state index in [9.17, 15) is 0 Å². The van der Waals surface area contributed by atoms with Crippen molar-refractivity contribution >= 4 is 21.5 Å². The van der Waals surface area contributed by atoms with Crippen LogP contribution in [0.15, 0.2) is 40.9 Å². The highest BCUT2D eigenvalue weighted by molar-refractivity contribution is 9.10. The van der Waals surface area contributed by atoms with Crippen molar-refractivity contribution in [3.05, 3.63) is 52.0 Å². The molecule has 2 rings (SSSR count). The third kappa shape index (κ3) is 1.41. The molecule has 1 aliphatic carbocycles. The van der Waals surface area contributed by atoms with Crippen LogP contribution in [0.2, 0.25) is 0 Å². The third-order valence-electron chi connectivity index (χ3n) is 3.49. The molecule has 1 aromatic carbocycles. The van der Waals surface area contributed by atoms with Gasteiger partial charge in [0.25, 0.3) is 0 Å². The highest BCUT2D eigenvalue weighted by Gasteiger charge is 2.33. The van der Waals surface area contributed by atoms with Crippen molar-refractivity contribution in [2.45, 2.75) is 26.2 Å². The zero-order chi connectivity index (χ0) is 11.2. The van der Waals surface area contributed by atoms with Gasteiger partial charge in [0.05, 0.1) is 0 Å². The lowest BCUT2D eigenvalue weighted by Gasteiger charge is -2.22. The van der Waals surface area contributed by atoms with Gasteiger partial charge in [-0.05, 0) is 35.8 Å². The van der Waals surface area contributed by atoms with E-state index >= 15 is 0 Å². The Balaban J connectivity index is 2.76. The van der Waals surface area contributed by atoms with E-state index in [2.05, 4.69) is 61.5 Å². The third-order valence-corrected chi connectivity index (χ3v) is 3.98. The van der Waals surface area contributed by atoms with Gasteiger partial charge in [-0.2, -0.15) is 0 Å². The van der Waals surface area contributed by atoms with E-state index in [1.165, 1.54) is 22.3 Å². The second kappa shape index (κ2) is 3.34. The minimum atomic E-state index is 0.128. The molecule has 0 saturated heterocycles. The van der Waals surface area contributed by atoms with Crippen LogP contribution in [0.25, 0.3) is 5.57 Å². The summed E-state index contributed by atoms with van der Waals surface area (Å²) in [6.45, 7) is 10.6. The van der Waals surface area contributed by atoms with Gasteiger partial charge >= 0.3 is 0 Å². The SMILES string of the molecule is C=CC1=C(C)C(C)(C)c2cc(Br)ccc21. The molecule has 1 heteroatoms. The number of allylic oxidation sites excluding steroid dienone is 3. The van der Waals surface area contributed by atoms with Crippen molar-refractivity contribution in [1.82, 2.24) is 0 Å². The molecule has 0 nitrogen and oxygen atoms in total. The second-order valence-corrected chi connectivity index (χ2v) is 5.47. The van der Waals surface area contributed by atoms with Gasteiger partial charge in [0.15, 0.2) is 0 Å². The summed E-state index contributed by atoms with van der Waals surface area (Å²) in [6, 6.07) is 6.49. The van der Waals surface area contributed by atoms with Crippen molar-refractivity contribution in [1.29, 1.82) is 0 Å². The molecule has 0 aliphatic heterocycles. The fourth-order valence-corrected chi connectivity index (χ4v) is 2.63. The Bertz CT molecular complexity index is 464. The van der Waals surface area contributed by atoms with E-state index in [1.54, 1.807) is 0 Å². The molecule has 0 unspecified atom stereocenters. The Morgan fingerprint density at radius 1 is 1.33 bits per heavy atom. The van der Waals surface area contributed by atoms with E-state index in [0.29, 0.717) is 0 Å². The highest BCUT2D eigenvalue weighted by atomic mass is 79.9. The van der Waals surface area contributed by atoms with Gasteiger partial charge in [-0.1, -0.05) is 54.1 Å². The Hall–Kier alpha value is -0.820. The van der Waals surface area contributed by atoms with E-state index < -0.39 is 0 Å². The molecule has 0 atom stereocenters. The molecule has 0 saturated carbocycles. The quantitative estimate of drug-likeness (QED) is 0.689. The van der Waals surface area contributed by atoms with Crippen molar-refractivity contribution < 1.29 is 0 Å². The van der Waals surface area contributed by atoms with Crippen molar-refractivity contribution in [2.75, 3.05) is 0 Å². The van der Waals surface area contributed by atoms with Gasteiger partial charge in [0, 0.05) is 9.89 Å². The summed E-state index contributed by atoms with van der Waals surface area (Å²) in [4.78, 5) is 0. The molecule has 0 spiro atoms. The van der Waals surface area contributed by atoms with E-state index in [0.717, 1.165) is 4.47 Å². The van der Waals surface area contributed by atoms with Gasteiger partial charge in [-0.25, -0.2) is 0 Å². The van der Waals surface area contributed by atoms with Crippen molar-refractivity contribution in [3.8, 4) is 0 Å². The summed E-state index contributed by atoms with van der Waals surface area (Å²) in [5, 5.41) is 0. The summed E-state index contributed by atoms with van der Waals surface area (Å²) in [7, 11) is 0. The van der Waals surface area contributed by atoms with Gasteiger partial charge in [0.1, 0.15) is 0 Å². The maximum atomic E-state index is 3.91. The van der Waals surface area contributed by atoms with Crippen LogP contribution in [-0.4, -0.2) is 0 Å². The lowest BCUT2D eigenvalue weighted by molar-refractivity contribution is 0.639. The van der Waals surface area contributed by atoms with Crippen LogP contribution in [0.3, 0.4) is 0 Å². The number of fused-ring (bicyclic) bond motifs is 1. The molecule has 0 heterocycles. The standard InChI is InChI=1S/C14H15Br/c1-5-11-9(2)14(3,4)13-8-10(15)6-7-12(11)13/h5-8H,1H2,2-4H3. The maximum absolute atomic E-state index is 3.91. The molecule has 0 N–H and O–H groups in total. The predicted molar refractivity (Wildman–Crippen MR) is 70.0 cm³/mol. The fraction of sp³-hybridized carbons (Fsp3) is 0.286. The molecule has 78 valence electrons. The Kier molecular flexibility index (Phi) is 2.38. The zero-order valence-corrected chi connectivity index (χ0v) is 11.0. The minimum absolute atomic E-state index is 0.128.